The van der Waals surface area contributed by atoms with Gasteiger partial charge in [-0.15, -0.1) is 0 Å². The number of amides is 2. The van der Waals surface area contributed by atoms with E-state index in [0.717, 1.165) is 18.4 Å². The van der Waals surface area contributed by atoms with E-state index >= 15 is 0 Å². The molecule has 5 heteroatoms. The lowest BCUT2D eigenvalue weighted by Crippen LogP contribution is -2.36. The predicted octanol–water partition coefficient (Wildman–Crippen LogP) is 3.77. The van der Waals surface area contributed by atoms with Crippen LogP contribution in [0, 0.1) is 0 Å². The van der Waals surface area contributed by atoms with Gasteiger partial charge in [-0.2, -0.15) is 0 Å². The third kappa shape index (κ3) is 6.22. The first kappa shape index (κ1) is 18.3. The first-order valence-corrected chi connectivity index (χ1v) is 8.70. The van der Waals surface area contributed by atoms with Crippen molar-refractivity contribution in [3.8, 4) is 0 Å². The molecule has 0 bridgehead atoms. The summed E-state index contributed by atoms with van der Waals surface area (Å²) in [6, 6.07) is 7.61. The Hall–Kier alpha value is -2.04. The normalized spacial score (nSPS) is 15.6. The van der Waals surface area contributed by atoms with Gasteiger partial charge in [0.15, 0.2) is 0 Å². The van der Waals surface area contributed by atoms with Crippen molar-refractivity contribution in [1.82, 2.24) is 10.6 Å². The minimum absolute atomic E-state index is 0.0199. The van der Waals surface area contributed by atoms with E-state index in [-0.39, 0.29) is 5.91 Å². The third-order valence-electron chi connectivity index (χ3n) is 3.99. The van der Waals surface area contributed by atoms with Crippen LogP contribution in [0.25, 0.3) is 0 Å². The molecule has 0 heterocycles. The van der Waals surface area contributed by atoms with Crippen LogP contribution in [0.5, 0.6) is 0 Å². The van der Waals surface area contributed by atoms with Crippen molar-refractivity contribution in [3.63, 3.8) is 0 Å². The van der Waals surface area contributed by atoms with Crippen molar-refractivity contribution in [2.75, 3.05) is 0 Å². The van der Waals surface area contributed by atoms with Crippen molar-refractivity contribution in [2.24, 2.45) is 0 Å². The number of benzene rings is 1. The fourth-order valence-electron chi connectivity index (χ4n) is 2.78. The maximum Gasteiger partial charge on any atom is 0.407 e. The second-order valence-electron chi connectivity index (χ2n) is 7.36. The average Bonchev–Trinajstić information content (AvgIpc) is 2.53. The Bertz CT molecular complexity index is 555. The summed E-state index contributed by atoms with van der Waals surface area (Å²) in [5, 5.41) is 5.81. The standard InChI is InChI=1S/C19H28N2O3/c1-19(2,3)24-18(23)20-13-14-9-11-15(12-10-14)17(22)21-16-7-5-4-6-8-16/h9-12,16H,4-8,13H2,1-3H3,(H,20,23)(H,21,22). The lowest BCUT2D eigenvalue weighted by molar-refractivity contribution is 0.0523. The molecule has 1 aromatic carbocycles. The zero-order valence-electron chi connectivity index (χ0n) is 14.9. The quantitative estimate of drug-likeness (QED) is 0.882. The Labute approximate surface area is 144 Å². The molecule has 1 fully saturated rings. The van der Waals surface area contributed by atoms with Gasteiger partial charge in [-0.3, -0.25) is 4.79 Å². The van der Waals surface area contributed by atoms with Crippen molar-refractivity contribution in [2.45, 2.75) is 71.1 Å². The van der Waals surface area contributed by atoms with Crippen molar-refractivity contribution in [3.05, 3.63) is 35.4 Å². The zero-order chi connectivity index (χ0) is 17.6. The van der Waals surface area contributed by atoms with Gasteiger partial charge in [-0.05, 0) is 51.3 Å². The van der Waals surface area contributed by atoms with Gasteiger partial charge in [-0.1, -0.05) is 31.4 Å². The van der Waals surface area contributed by atoms with Crippen LogP contribution in [0.4, 0.5) is 4.79 Å². The van der Waals surface area contributed by atoms with E-state index in [1.807, 2.05) is 32.9 Å². The molecule has 0 saturated heterocycles. The lowest BCUT2D eigenvalue weighted by Gasteiger charge is -2.22. The minimum Gasteiger partial charge on any atom is -0.444 e. The fraction of sp³-hybridized carbons (Fsp3) is 0.579. The molecule has 5 nitrogen and oxygen atoms in total. The van der Waals surface area contributed by atoms with Crippen LogP contribution in [0.15, 0.2) is 24.3 Å². The smallest absolute Gasteiger partial charge is 0.407 e. The molecule has 1 aliphatic carbocycles. The first-order valence-electron chi connectivity index (χ1n) is 8.70. The molecule has 0 aliphatic heterocycles. The van der Waals surface area contributed by atoms with Crippen molar-refractivity contribution < 1.29 is 14.3 Å². The van der Waals surface area contributed by atoms with E-state index in [2.05, 4.69) is 10.6 Å². The molecule has 1 saturated carbocycles. The molecule has 1 aliphatic rings. The Balaban J connectivity index is 1.81. The molecule has 2 rings (SSSR count). The molecular formula is C19H28N2O3. The van der Waals surface area contributed by atoms with Crippen LogP contribution >= 0.6 is 0 Å². The highest BCUT2D eigenvalue weighted by Crippen LogP contribution is 2.18. The van der Waals surface area contributed by atoms with E-state index in [9.17, 15) is 9.59 Å². The van der Waals surface area contributed by atoms with Gasteiger partial charge in [-0.25, -0.2) is 4.79 Å². The Morgan fingerprint density at radius 1 is 1.08 bits per heavy atom. The maximum atomic E-state index is 12.2. The summed E-state index contributed by atoms with van der Waals surface area (Å²) >= 11 is 0. The topological polar surface area (TPSA) is 67.4 Å². The SMILES string of the molecule is CC(C)(C)OC(=O)NCc1ccc(C(=O)NC2CCCCC2)cc1. The van der Waals surface area contributed by atoms with Crippen LogP contribution in [0.1, 0.15) is 68.8 Å². The van der Waals surface area contributed by atoms with Crippen LogP contribution < -0.4 is 10.6 Å². The summed E-state index contributed by atoms with van der Waals surface area (Å²) in [4.78, 5) is 23.9. The van der Waals surface area contributed by atoms with Gasteiger partial charge in [0.2, 0.25) is 0 Å². The zero-order valence-corrected chi connectivity index (χ0v) is 14.9. The van der Waals surface area contributed by atoms with Crippen molar-refractivity contribution >= 4 is 12.0 Å². The minimum atomic E-state index is -0.509. The second-order valence-corrected chi connectivity index (χ2v) is 7.36. The molecule has 24 heavy (non-hydrogen) atoms. The summed E-state index contributed by atoms with van der Waals surface area (Å²) in [5.41, 5.74) is 1.07. The first-order chi connectivity index (χ1) is 11.3. The summed E-state index contributed by atoms with van der Waals surface area (Å²) in [6.07, 6.45) is 5.36. The number of carbonyl (C=O) groups excluding carboxylic acids is 2. The lowest BCUT2D eigenvalue weighted by atomic mass is 9.95. The molecular weight excluding hydrogens is 304 g/mol. The number of nitrogens with one attached hydrogen (secondary N) is 2. The predicted molar refractivity (Wildman–Crippen MR) is 93.9 cm³/mol. The summed E-state index contributed by atoms with van der Waals surface area (Å²) < 4.78 is 5.19. The van der Waals surface area contributed by atoms with Crippen molar-refractivity contribution in [1.29, 1.82) is 0 Å². The number of rotatable bonds is 4. The van der Waals surface area contributed by atoms with E-state index in [0.29, 0.717) is 18.2 Å². The summed E-state index contributed by atoms with van der Waals surface area (Å²) in [7, 11) is 0. The van der Waals surface area contributed by atoms with Gasteiger partial charge < -0.3 is 15.4 Å². The largest absolute Gasteiger partial charge is 0.444 e. The monoisotopic (exact) mass is 332 g/mol. The molecule has 0 atom stereocenters. The highest BCUT2D eigenvalue weighted by Gasteiger charge is 2.17. The highest BCUT2D eigenvalue weighted by atomic mass is 16.6. The number of alkyl carbamates (subject to hydrolysis) is 1. The average molecular weight is 332 g/mol. The molecule has 0 unspecified atom stereocenters. The number of ether oxygens (including phenoxy) is 1. The Kier molecular flexibility index (Phi) is 6.23. The maximum absolute atomic E-state index is 12.2. The van der Waals surface area contributed by atoms with Crippen LogP contribution in [0.2, 0.25) is 0 Å². The molecule has 132 valence electrons. The van der Waals surface area contributed by atoms with Gasteiger partial charge in [0.25, 0.3) is 5.91 Å². The Morgan fingerprint density at radius 3 is 2.29 bits per heavy atom. The summed E-state index contributed by atoms with van der Waals surface area (Å²) in [5.74, 6) is -0.0199. The van der Waals surface area contributed by atoms with Gasteiger partial charge in [0.05, 0.1) is 0 Å². The van der Waals surface area contributed by atoms with Gasteiger partial charge in [0.1, 0.15) is 5.60 Å². The van der Waals surface area contributed by atoms with Gasteiger partial charge >= 0.3 is 6.09 Å². The number of carbonyl (C=O) groups is 2. The number of hydrogen-bond donors (Lipinski definition) is 2. The molecule has 0 spiro atoms. The highest BCUT2D eigenvalue weighted by molar-refractivity contribution is 5.94. The third-order valence-corrected chi connectivity index (χ3v) is 3.99. The number of hydrogen-bond acceptors (Lipinski definition) is 3. The Morgan fingerprint density at radius 2 is 1.71 bits per heavy atom. The van der Waals surface area contributed by atoms with Crippen LogP contribution in [0.3, 0.4) is 0 Å². The second kappa shape index (κ2) is 8.18. The van der Waals surface area contributed by atoms with Crippen LogP contribution in [-0.4, -0.2) is 23.6 Å². The van der Waals surface area contributed by atoms with E-state index in [4.69, 9.17) is 4.74 Å². The molecule has 0 aromatic heterocycles. The van der Waals surface area contributed by atoms with Gasteiger partial charge in [0, 0.05) is 18.2 Å². The van der Waals surface area contributed by atoms with E-state index < -0.39 is 11.7 Å². The summed E-state index contributed by atoms with van der Waals surface area (Å²) in [6.45, 7) is 5.85. The fourth-order valence-corrected chi connectivity index (χ4v) is 2.78. The molecule has 0 radical (unpaired) electrons. The van der Waals surface area contributed by atoms with Crippen LogP contribution in [-0.2, 0) is 11.3 Å². The molecule has 1 aromatic rings. The van der Waals surface area contributed by atoms with E-state index in [1.54, 1.807) is 12.1 Å². The van der Waals surface area contributed by atoms with E-state index in [1.165, 1.54) is 19.3 Å². The molecule has 2 amide bonds. The molecule has 2 N–H and O–H groups in total.